The lowest BCUT2D eigenvalue weighted by molar-refractivity contribution is -0.192. The van der Waals surface area contributed by atoms with Crippen LogP contribution in [0, 0.1) is 0 Å². The molecule has 0 spiro atoms. The number of nitrogens with zero attached hydrogens (tertiary/aromatic N) is 2. The first-order valence-corrected chi connectivity index (χ1v) is 14.1. The molecule has 1 aromatic heterocycles. The predicted molar refractivity (Wildman–Crippen MR) is 142 cm³/mol. The van der Waals surface area contributed by atoms with Crippen molar-refractivity contribution in [1.29, 1.82) is 0 Å². The van der Waals surface area contributed by atoms with Crippen molar-refractivity contribution in [2.75, 3.05) is 18.9 Å². The highest BCUT2D eigenvalue weighted by Gasteiger charge is 2.54. The van der Waals surface area contributed by atoms with Gasteiger partial charge in [-0.25, -0.2) is 14.2 Å². The van der Waals surface area contributed by atoms with Crippen LogP contribution in [-0.2, 0) is 28.2 Å². The van der Waals surface area contributed by atoms with E-state index in [1.807, 2.05) is 6.92 Å². The maximum atomic E-state index is 13.6. The minimum absolute atomic E-state index is 0.0222. The van der Waals surface area contributed by atoms with Crippen LogP contribution in [0.15, 0.2) is 47.4 Å². The maximum Gasteiger partial charge on any atom is 0.490 e. The number of alkyl halides is 3. The van der Waals surface area contributed by atoms with Gasteiger partial charge in [0, 0.05) is 6.20 Å². The van der Waals surface area contributed by atoms with Gasteiger partial charge in [-0.05, 0) is 38.5 Å². The number of nitrogens with two attached hydrogens (primary N) is 1. The molecule has 1 aromatic carbocycles. The van der Waals surface area contributed by atoms with E-state index in [1.165, 1.54) is 26.1 Å². The number of aromatic nitrogens is 2. The number of benzene rings is 1. The Morgan fingerprint density at radius 3 is 2.42 bits per heavy atom. The third-order valence-corrected chi connectivity index (χ3v) is 7.28. The molecule has 0 saturated carbocycles. The standard InChI is InChI=1S/C22H31N4O9P.C2HF3O2/c1-4-12-32-19(28)14(2)25-36(31,35-15-8-6-5-7-9-15)33-13-16-18(27)22(3,30)20(34-16)26-11-10-17(23)24-21(26)29;3-2(4,5)1(6)7/h5-11,14,16,18,20,27,30H,4,12-13H2,1-3H3,(H,25,31)(H2,23,24,29);(H,6,7)/t14-,16+,18+,20+,22+,36?;/m0./s1. The summed E-state index contributed by atoms with van der Waals surface area (Å²) in [7, 11) is -4.23. The average molecular weight is 641 g/mol. The van der Waals surface area contributed by atoms with Gasteiger partial charge in [0.1, 0.15) is 35.4 Å². The molecule has 1 aliphatic heterocycles. The van der Waals surface area contributed by atoms with Gasteiger partial charge in [-0.2, -0.15) is 23.2 Å². The van der Waals surface area contributed by atoms with Crippen LogP contribution in [0.25, 0.3) is 0 Å². The van der Waals surface area contributed by atoms with Crippen LogP contribution in [0.1, 0.15) is 33.4 Å². The molecule has 19 heteroatoms. The number of carbonyl (C=O) groups excluding carboxylic acids is 1. The fourth-order valence-electron chi connectivity index (χ4n) is 3.48. The summed E-state index contributed by atoms with van der Waals surface area (Å²) in [5.74, 6) is -3.24. The lowest BCUT2D eigenvalue weighted by Crippen LogP contribution is -2.46. The van der Waals surface area contributed by atoms with Crippen LogP contribution >= 0.6 is 7.75 Å². The van der Waals surface area contributed by atoms with Crippen molar-refractivity contribution < 1.29 is 61.2 Å². The van der Waals surface area contributed by atoms with Crippen LogP contribution in [0.3, 0.4) is 0 Å². The summed E-state index contributed by atoms with van der Waals surface area (Å²) in [6.07, 6.45) is -7.33. The summed E-state index contributed by atoms with van der Waals surface area (Å²) < 4.78 is 68.2. The molecule has 1 saturated heterocycles. The molecule has 0 bridgehead atoms. The van der Waals surface area contributed by atoms with Gasteiger partial charge < -0.3 is 35.1 Å². The Hall–Kier alpha value is -3.54. The van der Waals surface area contributed by atoms with Crippen LogP contribution in [0.5, 0.6) is 5.75 Å². The lowest BCUT2D eigenvalue weighted by Gasteiger charge is -2.27. The number of aliphatic hydroxyl groups excluding tert-OH is 1. The Kier molecular flexibility index (Phi) is 12.2. The SMILES string of the molecule is CCCOC(=O)[C@H](C)NP(=O)(OC[C@H]1O[C@@H](n2ccc(N)nc2=O)[C@](C)(O)[C@@H]1O)Oc1ccccc1.O=C(O)C(F)(F)F. The van der Waals surface area contributed by atoms with E-state index >= 15 is 0 Å². The number of aliphatic carboxylic acids is 1. The zero-order valence-corrected chi connectivity index (χ0v) is 24.0. The summed E-state index contributed by atoms with van der Waals surface area (Å²) in [5.41, 5.74) is 2.78. The topological polar surface area (TPSA) is 222 Å². The van der Waals surface area contributed by atoms with E-state index in [0.29, 0.717) is 6.42 Å². The number of carboxylic acid groups (broad SMARTS) is 1. The summed E-state index contributed by atoms with van der Waals surface area (Å²) >= 11 is 0. The van der Waals surface area contributed by atoms with Gasteiger partial charge in [-0.3, -0.25) is 13.9 Å². The van der Waals surface area contributed by atoms with E-state index in [1.54, 1.807) is 30.3 Å². The van der Waals surface area contributed by atoms with Crippen molar-refractivity contribution in [2.45, 2.75) is 63.4 Å². The lowest BCUT2D eigenvalue weighted by atomic mass is 9.96. The molecule has 1 aliphatic rings. The van der Waals surface area contributed by atoms with Gasteiger partial charge in [0.25, 0.3) is 0 Å². The number of anilines is 1. The van der Waals surface area contributed by atoms with E-state index in [-0.39, 0.29) is 18.2 Å². The molecular formula is C24H32F3N4O11P. The minimum Gasteiger partial charge on any atom is -0.475 e. The van der Waals surface area contributed by atoms with Crippen LogP contribution < -0.4 is 21.0 Å². The quantitative estimate of drug-likeness (QED) is 0.174. The van der Waals surface area contributed by atoms with Gasteiger partial charge in [-0.1, -0.05) is 25.1 Å². The third-order valence-electron chi connectivity index (χ3n) is 5.63. The Balaban J connectivity index is 0.000000821. The summed E-state index contributed by atoms with van der Waals surface area (Å²) in [5, 5.41) is 31.2. The second-order valence-electron chi connectivity index (χ2n) is 9.26. The van der Waals surface area contributed by atoms with E-state index in [2.05, 4.69) is 10.1 Å². The Morgan fingerprint density at radius 2 is 1.88 bits per heavy atom. The minimum atomic E-state index is -5.08. The molecule has 1 unspecified atom stereocenters. The normalized spacial score (nSPS) is 23.8. The number of nitrogens with one attached hydrogen (secondary N) is 1. The molecule has 0 amide bonds. The van der Waals surface area contributed by atoms with Crippen molar-refractivity contribution in [3.8, 4) is 5.75 Å². The first-order valence-electron chi connectivity index (χ1n) is 12.6. The summed E-state index contributed by atoms with van der Waals surface area (Å²) in [4.78, 5) is 37.0. The number of ether oxygens (including phenoxy) is 2. The van der Waals surface area contributed by atoms with E-state index in [9.17, 15) is 37.5 Å². The van der Waals surface area contributed by atoms with Gasteiger partial charge >= 0.3 is 31.6 Å². The number of carboxylic acids is 1. The number of esters is 1. The summed E-state index contributed by atoms with van der Waals surface area (Å²) in [6.45, 7) is 4.20. The number of nitrogen functional groups attached to an aromatic ring is 1. The Morgan fingerprint density at radius 1 is 1.28 bits per heavy atom. The maximum absolute atomic E-state index is 13.6. The second-order valence-corrected chi connectivity index (χ2v) is 11.0. The molecule has 6 atom stereocenters. The van der Waals surface area contributed by atoms with Crippen molar-refractivity contribution in [3.05, 3.63) is 53.1 Å². The number of hydrogen-bond donors (Lipinski definition) is 5. The Labute approximate surface area is 242 Å². The molecule has 240 valence electrons. The van der Waals surface area contributed by atoms with Gasteiger partial charge in [0.15, 0.2) is 6.23 Å². The molecule has 0 radical (unpaired) electrons. The molecule has 2 aromatic rings. The van der Waals surface area contributed by atoms with Crippen molar-refractivity contribution in [3.63, 3.8) is 0 Å². The molecule has 2 heterocycles. The third kappa shape index (κ3) is 10.0. The van der Waals surface area contributed by atoms with E-state index in [4.69, 9.17) is 34.2 Å². The number of halogens is 3. The zero-order valence-electron chi connectivity index (χ0n) is 23.1. The number of carbonyl (C=O) groups is 2. The first-order chi connectivity index (χ1) is 19.9. The molecule has 0 aliphatic carbocycles. The highest BCUT2D eigenvalue weighted by Crippen LogP contribution is 2.46. The summed E-state index contributed by atoms with van der Waals surface area (Å²) in [6, 6.07) is 8.40. The fraction of sp³-hybridized carbons (Fsp3) is 0.500. The average Bonchev–Trinajstić information content (AvgIpc) is 3.14. The molecule has 3 rings (SSSR count). The number of para-hydroxylation sites is 1. The monoisotopic (exact) mass is 640 g/mol. The molecule has 15 nitrogen and oxygen atoms in total. The van der Waals surface area contributed by atoms with Crippen molar-refractivity contribution in [2.24, 2.45) is 0 Å². The fourth-order valence-corrected chi connectivity index (χ4v) is 4.98. The highest BCUT2D eigenvalue weighted by atomic mass is 31.2. The van der Waals surface area contributed by atoms with Gasteiger partial charge in [0.2, 0.25) is 0 Å². The number of rotatable bonds is 11. The Bertz CT molecular complexity index is 1340. The largest absolute Gasteiger partial charge is 0.490 e. The number of aliphatic hydroxyl groups is 2. The van der Waals surface area contributed by atoms with Gasteiger partial charge in [-0.15, -0.1) is 0 Å². The van der Waals surface area contributed by atoms with Crippen LogP contribution in [-0.4, -0.2) is 80.1 Å². The predicted octanol–water partition coefficient (Wildman–Crippen LogP) is 1.60. The number of hydrogen-bond acceptors (Lipinski definition) is 12. The highest BCUT2D eigenvalue weighted by molar-refractivity contribution is 7.52. The van der Waals surface area contributed by atoms with E-state index < -0.39 is 68.2 Å². The van der Waals surface area contributed by atoms with E-state index in [0.717, 1.165) is 4.57 Å². The van der Waals surface area contributed by atoms with Crippen molar-refractivity contribution >= 4 is 25.5 Å². The van der Waals surface area contributed by atoms with Crippen LogP contribution in [0.4, 0.5) is 19.0 Å². The first kappa shape index (κ1) is 35.7. The zero-order chi connectivity index (χ0) is 32.6. The molecule has 1 fully saturated rings. The molecular weight excluding hydrogens is 608 g/mol. The smallest absolute Gasteiger partial charge is 0.475 e. The second kappa shape index (κ2) is 14.8. The van der Waals surface area contributed by atoms with Gasteiger partial charge in [0.05, 0.1) is 13.2 Å². The molecule has 6 N–H and O–H groups in total. The van der Waals surface area contributed by atoms with Crippen LogP contribution in [0.2, 0.25) is 0 Å². The van der Waals surface area contributed by atoms with Crippen molar-refractivity contribution in [1.82, 2.24) is 14.6 Å². The molecule has 43 heavy (non-hydrogen) atoms.